The molecule has 0 aromatic rings. The van der Waals surface area contributed by atoms with Crippen LogP contribution in [0.2, 0.25) is 0 Å². The molecule has 1 atom stereocenters. The lowest BCUT2D eigenvalue weighted by Crippen LogP contribution is -2.55. The maximum absolute atomic E-state index is 11.2. The molecule has 1 fully saturated rings. The molecule has 3 nitrogen and oxygen atoms in total. The monoisotopic (exact) mass is 212 g/mol. The Bertz CT molecular complexity index is 238. The van der Waals surface area contributed by atoms with Gasteiger partial charge < -0.3 is 11.1 Å². The van der Waals surface area contributed by atoms with Crippen molar-refractivity contribution in [2.24, 2.45) is 11.1 Å². The van der Waals surface area contributed by atoms with Crippen molar-refractivity contribution >= 4 is 5.91 Å². The number of nitrogens with one attached hydrogen (secondary N) is 1. The molecule has 0 aromatic heterocycles. The third kappa shape index (κ3) is 2.51. The molecule has 1 amide bonds. The van der Waals surface area contributed by atoms with Gasteiger partial charge in [-0.25, -0.2) is 0 Å². The minimum atomic E-state index is -0.187. The van der Waals surface area contributed by atoms with E-state index in [1.54, 1.807) is 0 Å². The van der Waals surface area contributed by atoms with E-state index in [0.717, 1.165) is 19.4 Å². The zero-order chi connectivity index (χ0) is 11.5. The summed E-state index contributed by atoms with van der Waals surface area (Å²) in [5, 5.41) is 3.57. The molecule has 0 aromatic carbocycles. The maximum Gasteiger partial charge on any atom is 0.219 e. The molecule has 88 valence electrons. The molecule has 1 rings (SSSR count). The van der Waals surface area contributed by atoms with E-state index in [9.17, 15) is 4.79 Å². The van der Waals surface area contributed by atoms with Gasteiger partial charge in [-0.3, -0.25) is 4.79 Å². The lowest BCUT2D eigenvalue weighted by molar-refractivity contribution is -0.120. The second-order valence-electron chi connectivity index (χ2n) is 5.39. The van der Waals surface area contributed by atoms with Crippen LogP contribution in [0.3, 0.4) is 0 Å². The summed E-state index contributed by atoms with van der Waals surface area (Å²) in [6, 6.07) is 0. The van der Waals surface area contributed by atoms with Gasteiger partial charge >= 0.3 is 0 Å². The number of carbonyl (C=O) groups is 1. The van der Waals surface area contributed by atoms with Crippen LogP contribution in [-0.2, 0) is 4.79 Å². The highest BCUT2D eigenvalue weighted by molar-refractivity contribution is 5.75. The second-order valence-corrected chi connectivity index (χ2v) is 5.39. The fraction of sp³-hybridized carbons (Fsp3) is 0.917. The molecule has 0 saturated heterocycles. The zero-order valence-corrected chi connectivity index (χ0v) is 10.2. The van der Waals surface area contributed by atoms with E-state index in [-0.39, 0.29) is 16.9 Å². The highest BCUT2D eigenvalue weighted by Gasteiger charge is 2.48. The van der Waals surface area contributed by atoms with Crippen LogP contribution in [0.15, 0.2) is 0 Å². The third-order valence-corrected chi connectivity index (χ3v) is 3.89. The quantitative estimate of drug-likeness (QED) is 0.730. The Morgan fingerprint density at radius 1 is 1.40 bits per heavy atom. The molecule has 1 aliphatic rings. The highest BCUT2D eigenvalue weighted by atomic mass is 16.1. The molecule has 1 unspecified atom stereocenters. The van der Waals surface area contributed by atoms with Crippen molar-refractivity contribution < 1.29 is 4.79 Å². The Kier molecular flexibility index (Phi) is 3.77. The van der Waals surface area contributed by atoms with Gasteiger partial charge in [-0.1, -0.05) is 27.2 Å². The van der Waals surface area contributed by atoms with Gasteiger partial charge in [-0.2, -0.15) is 0 Å². The van der Waals surface area contributed by atoms with Crippen molar-refractivity contribution in [1.82, 2.24) is 5.32 Å². The summed E-state index contributed by atoms with van der Waals surface area (Å²) in [5.74, 6) is -0.187. The minimum absolute atomic E-state index is 0.0607. The van der Waals surface area contributed by atoms with E-state index in [0.29, 0.717) is 6.42 Å². The molecule has 0 bridgehead atoms. The average Bonchev–Trinajstić information content (AvgIpc) is 2.38. The Balaban J connectivity index is 2.80. The van der Waals surface area contributed by atoms with E-state index < -0.39 is 0 Å². The van der Waals surface area contributed by atoms with Gasteiger partial charge in [0.1, 0.15) is 0 Å². The molecule has 0 aliphatic heterocycles. The van der Waals surface area contributed by atoms with E-state index in [4.69, 9.17) is 5.73 Å². The van der Waals surface area contributed by atoms with Crippen LogP contribution in [0.25, 0.3) is 0 Å². The Morgan fingerprint density at radius 3 is 2.47 bits per heavy atom. The Morgan fingerprint density at radius 2 is 2.07 bits per heavy atom. The summed E-state index contributed by atoms with van der Waals surface area (Å²) in [4.78, 5) is 11.2. The molecule has 0 radical (unpaired) electrons. The second kappa shape index (κ2) is 4.52. The average molecular weight is 212 g/mol. The zero-order valence-electron chi connectivity index (χ0n) is 10.2. The predicted molar refractivity (Wildman–Crippen MR) is 62.5 cm³/mol. The first-order valence-electron chi connectivity index (χ1n) is 5.97. The minimum Gasteiger partial charge on any atom is -0.370 e. The number of nitrogens with two attached hydrogens (primary N) is 1. The molecule has 3 N–H and O–H groups in total. The van der Waals surface area contributed by atoms with Crippen molar-refractivity contribution in [2.45, 2.75) is 58.4 Å². The smallest absolute Gasteiger partial charge is 0.219 e. The van der Waals surface area contributed by atoms with Gasteiger partial charge in [-0.05, 0) is 31.2 Å². The van der Waals surface area contributed by atoms with E-state index in [2.05, 4.69) is 26.1 Å². The largest absolute Gasteiger partial charge is 0.370 e. The maximum atomic E-state index is 11.2. The third-order valence-electron chi connectivity index (χ3n) is 3.89. The molecule has 15 heavy (non-hydrogen) atoms. The fourth-order valence-electron chi connectivity index (χ4n) is 2.79. The van der Waals surface area contributed by atoms with Crippen molar-refractivity contribution in [2.75, 3.05) is 6.54 Å². The van der Waals surface area contributed by atoms with Crippen LogP contribution < -0.4 is 11.1 Å². The predicted octanol–water partition coefficient (Wildman–Crippen LogP) is 1.81. The first-order valence-corrected chi connectivity index (χ1v) is 5.97. The summed E-state index contributed by atoms with van der Waals surface area (Å²) >= 11 is 0. The normalized spacial score (nSPS) is 29.3. The van der Waals surface area contributed by atoms with Gasteiger partial charge in [0.25, 0.3) is 0 Å². The number of carbonyl (C=O) groups excluding carboxylic acids is 1. The van der Waals surface area contributed by atoms with Gasteiger partial charge in [0.2, 0.25) is 5.91 Å². The van der Waals surface area contributed by atoms with Crippen molar-refractivity contribution in [3.8, 4) is 0 Å². The topological polar surface area (TPSA) is 55.1 Å². The summed E-state index contributed by atoms with van der Waals surface area (Å²) in [6.07, 6.45) is 5.01. The van der Waals surface area contributed by atoms with E-state index >= 15 is 0 Å². The van der Waals surface area contributed by atoms with Crippen molar-refractivity contribution in [3.05, 3.63) is 0 Å². The van der Waals surface area contributed by atoms with Gasteiger partial charge in [-0.15, -0.1) is 0 Å². The fourth-order valence-corrected chi connectivity index (χ4v) is 2.79. The van der Waals surface area contributed by atoms with E-state index in [1.807, 2.05) is 0 Å². The molecule has 3 heteroatoms. The summed E-state index contributed by atoms with van der Waals surface area (Å²) in [6.45, 7) is 7.60. The summed E-state index contributed by atoms with van der Waals surface area (Å²) in [7, 11) is 0. The first-order chi connectivity index (χ1) is 6.93. The van der Waals surface area contributed by atoms with Crippen molar-refractivity contribution in [3.63, 3.8) is 0 Å². The lowest BCUT2D eigenvalue weighted by atomic mass is 9.72. The number of primary amides is 1. The Labute approximate surface area is 92.8 Å². The van der Waals surface area contributed by atoms with Crippen LogP contribution in [0.5, 0.6) is 0 Å². The number of rotatable bonds is 5. The molecular weight excluding hydrogens is 188 g/mol. The summed E-state index contributed by atoms with van der Waals surface area (Å²) < 4.78 is 0. The number of hydrogen-bond acceptors (Lipinski definition) is 2. The summed E-state index contributed by atoms with van der Waals surface area (Å²) in [5.41, 5.74) is 5.49. The molecular formula is C12H24N2O. The van der Waals surface area contributed by atoms with Crippen LogP contribution in [0.1, 0.15) is 52.9 Å². The van der Waals surface area contributed by atoms with Crippen LogP contribution in [0, 0.1) is 5.41 Å². The van der Waals surface area contributed by atoms with E-state index in [1.165, 1.54) is 12.8 Å². The Hall–Kier alpha value is -0.570. The highest BCUT2D eigenvalue weighted by Crippen LogP contribution is 2.47. The molecule has 0 heterocycles. The molecule has 1 aliphatic carbocycles. The van der Waals surface area contributed by atoms with Gasteiger partial charge in [0.05, 0.1) is 0 Å². The number of amides is 1. The van der Waals surface area contributed by atoms with Crippen LogP contribution in [-0.4, -0.2) is 18.0 Å². The van der Waals surface area contributed by atoms with Crippen LogP contribution >= 0.6 is 0 Å². The molecule has 1 saturated carbocycles. The van der Waals surface area contributed by atoms with Gasteiger partial charge in [0.15, 0.2) is 0 Å². The number of hydrogen-bond donors (Lipinski definition) is 2. The lowest BCUT2D eigenvalue weighted by Gasteiger charge is -2.42. The standard InChI is InChI=1S/C12H24N2O/c1-4-8-14-12(9-10(13)15)7-5-6-11(12,2)3/h14H,4-9H2,1-3H3,(H2,13,15). The molecule has 0 spiro atoms. The first kappa shape index (κ1) is 12.5. The SMILES string of the molecule is CCCNC1(CC(N)=O)CCCC1(C)C. The van der Waals surface area contributed by atoms with Gasteiger partial charge in [0, 0.05) is 12.0 Å². The van der Waals surface area contributed by atoms with Crippen molar-refractivity contribution in [1.29, 1.82) is 0 Å². The van der Waals surface area contributed by atoms with Crippen LogP contribution in [0.4, 0.5) is 0 Å².